The molecule has 0 bridgehead atoms. The van der Waals surface area contributed by atoms with Crippen LogP contribution in [-0.2, 0) is 11.2 Å². The molecule has 1 heterocycles. The van der Waals surface area contributed by atoms with Crippen molar-refractivity contribution in [2.45, 2.75) is 39.2 Å². The molecule has 1 amide bonds. The van der Waals surface area contributed by atoms with Crippen LogP contribution in [0.4, 0.5) is 0 Å². The summed E-state index contributed by atoms with van der Waals surface area (Å²) < 4.78 is 5.69. The summed E-state index contributed by atoms with van der Waals surface area (Å²) in [4.78, 5) is 12.6. The minimum Gasteiger partial charge on any atom is -0.492 e. The van der Waals surface area contributed by atoms with Crippen LogP contribution in [0, 0.1) is 11.8 Å². The summed E-state index contributed by atoms with van der Waals surface area (Å²) in [6, 6.07) is 5.52. The van der Waals surface area contributed by atoms with Crippen molar-refractivity contribution in [1.82, 2.24) is 5.32 Å². The van der Waals surface area contributed by atoms with Crippen molar-refractivity contribution in [2.75, 3.05) is 13.2 Å². The lowest BCUT2D eigenvalue weighted by atomic mass is 9.89. The number of nitrogens with one attached hydrogen (secondary N) is 1. The fourth-order valence-corrected chi connectivity index (χ4v) is 3.21. The molecule has 2 atom stereocenters. The first kappa shape index (κ1) is 17.1. The van der Waals surface area contributed by atoms with Gasteiger partial charge >= 0.3 is 0 Å². The molecule has 0 saturated heterocycles. The zero-order valence-electron chi connectivity index (χ0n) is 13.5. The van der Waals surface area contributed by atoms with Gasteiger partial charge in [0.15, 0.2) is 0 Å². The molecule has 1 aliphatic heterocycles. The van der Waals surface area contributed by atoms with Crippen molar-refractivity contribution in [1.29, 1.82) is 0 Å². The summed E-state index contributed by atoms with van der Waals surface area (Å²) in [7, 11) is 0. The lowest BCUT2D eigenvalue weighted by molar-refractivity contribution is -0.128. The van der Waals surface area contributed by atoms with E-state index in [4.69, 9.17) is 22.1 Å². The van der Waals surface area contributed by atoms with Crippen LogP contribution in [0.5, 0.6) is 5.75 Å². The Morgan fingerprint density at radius 1 is 1.55 bits per heavy atom. The Balaban J connectivity index is 2.05. The van der Waals surface area contributed by atoms with Crippen LogP contribution in [-0.4, -0.2) is 24.6 Å². The number of fused-ring (bicyclic) bond motifs is 1. The Hall–Kier alpha value is -1.26. The molecular weight excluding hydrogens is 300 g/mol. The number of amides is 1. The quantitative estimate of drug-likeness (QED) is 0.875. The van der Waals surface area contributed by atoms with Gasteiger partial charge in [0.2, 0.25) is 5.91 Å². The van der Waals surface area contributed by atoms with Gasteiger partial charge in [-0.15, -0.1) is 0 Å². The average Bonchev–Trinajstić information content (AvgIpc) is 2.45. The third kappa shape index (κ3) is 4.14. The van der Waals surface area contributed by atoms with E-state index in [-0.39, 0.29) is 17.4 Å². The Morgan fingerprint density at radius 2 is 2.27 bits per heavy atom. The smallest absolute Gasteiger partial charge is 0.227 e. The molecule has 0 spiro atoms. The van der Waals surface area contributed by atoms with Crippen LogP contribution in [0.2, 0.25) is 5.02 Å². The highest BCUT2D eigenvalue weighted by Gasteiger charge is 2.32. The van der Waals surface area contributed by atoms with E-state index < -0.39 is 0 Å². The highest BCUT2D eigenvalue weighted by Crippen LogP contribution is 2.30. The Labute approximate surface area is 137 Å². The number of hydrogen-bond acceptors (Lipinski definition) is 3. The van der Waals surface area contributed by atoms with Gasteiger partial charge in [0, 0.05) is 17.1 Å². The van der Waals surface area contributed by atoms with Crippen LogP contribution in [0.15, 0.2) is 18.2 Å². The van der Waals surface area contributed by atoms with Gasteiger partial charge in [-0.3, -0.25) is 4.79 Å². The summed E-state index contributed by atoms with van der Waals surface area (Å²) in [6.07, 6.45) is 1.50. The molecule has 22 heavy (non-hydrogen) atoms. The van der Waals surface area contributed by atoms with Gasteiger partial charge < -0.3 is 15.8 Å². The number of carbonyl (C=O) groups excluding carboxylic acids is 1. The Kier molecular flexibility index (Phi) is 5.35. The monoisotopic (exact) mass is 324 g/mol. The van der Waals surface area contributed by atoms with Crippen molar-refractivity contribution in [3.63, 3.8) is 0 Å². The number of ether oxygens (including phenoxy) is 1. The molecule has 1 aromatic carbocycles. The van der Waals surface area contributed by atoms with E-state index in [1.54, 1.807) is 6.07 Å². The number of hydrogen-bond donors (Lipinski definition) is 2. The summed E-state index contributed by atoms with van der Waals surface area (Å²) in [6.45, 7) is 7.07. The molecule has 0 fully saturated rings. The summed E-state index contributed by atoms with van der Waals surface area (Å²) in [5, 5.41) is 3.77. The summed E-state index contributed by atoms with van der Waals surface area (Å²) in [5.74, 6) is 1.08. The zero-order valence-corrected chi connectivity index (χ0v) is 14.2. The average molecular weight is 325 g/mol. The Morgan fingerprint density at radius 3 is 2.91 bits per heavy atom. The molecule has 2 unspecified atom stereocenters. The predicted molar refractivity (Wildman–Crippen MR) is 89.2 cm³/mol. The van der Waals surface area contributed by atoms with E-state index in [2.05, 4.69) is 19.2 Å². The van der Waals surface area contributed by atoms with E-state index in [9.17, 15) is 4.79 Å². The second kappa shape index (κ2) is 6.88. The van der Waals surface area contributed by atoms with Gasteiger partial charge in [-0.2, -0.15) is 0 Å². The van der Waals surface area contributed by atoms with Crippen LogP contribution >= 0.6 is 11.6 Å². The first-order chi connectivity index (χ1) is 10.3. The number of benzene rings is 1. The van der Waals surface area contributed by atoms with Crippen LogP contribution in [0.25, 0.3) is 0 Å². The molecule has 5 heteroatoms. The fourth-order valence-electron chi connectivity index (χ4n) is 3.02. The second-order valence-corrected chi connectivity index (χ2v) is 7.25. The molecule has 0 aliphatic carbocycles. The third-order valence-electron chi connectivity index (χ3n) is 4.03. The molecule has 1 aliphatic rings. The highest BCUT2D eigenvalue weighted by molar-refractivity contribution is 6.30. The van der Waals surface area contributed by atoms with Gasteiger partial charge in [0.1, 0.15) is 12.4 Å². The number of halogens is 1. The summed E-state index contributed by atoms with van der Waals surface area (Å²) >= 11 is 6.02. The largest absolute Gasteiger partial charge is 0.492 e. The van der Waals surface area contributed by atoms with Gasteiger partial charge in [0.25, 0.3) is 0 Å². The molecule has 0 aromatic heterocycles. The van der Waals surface area contributed by atoms with Crippen molar-refractivity contribution in [2.24, 2.45) is 17.6 Å². The standard InChI is InChI=1S/C17H25ClN2O2/c1-11(2)8-17(3,10-19)20-16(21)13-6-12-7-14(18)4-5-15(12)22-9-13/h4-5,7,11,13H,6,8-10,19H2,1-3H3,(H,20,21). The molecule has 3 N–H and O–H groups in total. The molecular formula is C17H25ClN2O2. The van der Waals surface area contributed by atoms with Crippen molar-refractivity contribution < 1.29 is 9.53 Å². The van der Waals surface area contributed by atoms with Gasteiger partial charge in [-0.1, -0.05) is 25.4 Å². The van der Waals surface area contributed by atoms with E-state index >= 15 is 0 Å². The van der Waals surface area contributed by atoms with E-state index in [1.807, 2.05) is 19.1 Å². The highest BCUT2D eigenvalue weighted by atomic mass is 35.5. The van der Waals surface area contributed by atoms with Crippen molar-refractivity contribution in [3.8, 4) is 5.75 Å². The van der Waals surface area contributed by atoms with E-state index in [0.717, 1.165) is 17.7 Å². The van der Waals surface area contributed by atoms with Crippen LogP contribution in [0.1, 0.15) is 32.8 Å². The topological polar surface area (TPSA) is 64.3 Å². The normalized spacial score (nSPS) is 20.0. The summed E-state index contributed by atoms with van der Waals surface area (Å²) in [5.41, 5.74) is 6.47. The molecule has 122 valence electrons. The van der Waals surface area contributed by atoms with Crippen LogP contribution < -0.4 is 15.8 Å². The minimum atomic E-state index is -0.375. The SMILES string of the molecule is CC(C)CC(C)(CN)NC(=O)C1COc2ccc(Cl)cc2C1. The first-order valence-corrected chi connectivity index (χ1v) is 8.14. The zero-order chi connectivity index (χ0) is 16.3. The Bertz CT molecular complexity index is 547. The third-order valence-corrected chi connectivity index (χ3v) is 4.27. The maximum atomic E-state index is 12.6. The maximum absolute atomic E-state index is 12.6. The van der Waals surface area contributed by atoms with E-state index in [1.165, 1.54) is 0 Å². The molecule has 2 rings (SSSR count). The van der Waals surface area contributed by atoms with Gasteiger partial charge in [-0.05, 0) is 49.4 Å². The lowest BCUT2D eigenvalue weighted by Gasteiger charge is -2.34. The predicted octanol–water partition coefficient (Wildman–Crippen LogP) is 2.77. The number of carbonyl (C=O) groups is 1. The maximum Gasteiger partial charge on any atom is 0.227 e. The first-order valence-electron chi connectivity index (χ1n) is 7.76. The molecule has 0 radical (unpaired) electrons. The van der Waals surface area contributed by atoms with Crippen molar-refractivity contribution in [3.05, 3.63) is 28.8 Å². The number of nitrogens with two attached hydrogens (primary N) is 1. The lowest BCUT2D eigenvalue weighted by Crippen LogP contribution is -2.54. The van der Waals surface area contributed by atoms with Crippen LogP contribution in [0.3, 0.4) is 0 Å². The second-order valence-electron chi connectivity index (χ2n) is 6.82. The number of rotatable bonds is 5. The molecule has 4 nitrogen and oxygen atoms in total. The molecule has 1 aromatic rings. The van der Waals surface area contributed by atoms with E-state index in [0.29, 0.717) is 30.5 Å². The molecule has 0 saturated carbocycles. The minimum absolute atomic E-state index is 0.000717. The van der Waals surface area contributed by atoms with Crippen molar-refractivity contribution >= 4 is 17.5 Å². The van der Waals surface area contributed by atoms with Gasteiger partial charge in [0.05, 0.1) is 5.92 Å². The van der Waals surface area contributed by atoms with Gasteiger partial charge in [-0.25, -0.2) is 0 Å². The fraction of sp³-hybridized carbons (Fsp3) is 0.588.